The van der Waals surface area contributed by atoms with Crippen LogP contribution in [0.5, 0.6) is 0 Å². The van der Waals surface area contributed by atoms with Gasteiger partial charge in [-0.25, -0.2) is 8.42 Å². The highest BCUT2D eigenvalue weighted by molar-refractivity contribution is 7.90. The molecule has 1 unspecified atom stereocenters. The number of nitrogens with zero attached hydrogens (tertiary/aromatic N) is 1. The summed E-state index contributed by atoms with van der Waals surface area (Å²) in [6.45, 7) is 2.99. The van der Waals surface area contributed by atoms with Crippen LogP contribution >= 0.6 is 11.3 Å². The molecule has 0 spiro atoms. The molecule has 1 aromatic carbocycles. The van der Waals surface area contributed by atoms with Crippen LogP contribution in [0.2, 0.25) is 0 Å². The molecule has 4 nitrogen and oxygen atoms in total. The summed E-state index contributed by atoms with van der Waals surface area (Å²) in [5.74, 6) is 0. The van der Waals surface area contributed by atoms with Gasteiger partial charge in [0.2, 0.25) is 0 Å². The molecule has 0 saturated heterocycles. The molecule has 2 aromatic rings. The number of nitrogens with two attached hydrogens (primary N) is 1. The number of thiophene rings is 1. The van der Waals surface area contributed by atoms with E-state index >= 15 is 0 Å². The first-order valence-electron chi connectivity index (χ1n) is 6.81. The Hall–Kier alpha value is -1.53. The number of anilines is 2. The Balaban J connectivity index is 2.07. The molecule has 0 bridgehead atoms. The van der Waals surface area contributed by atoms with Gasteiger partial charge in [-0.2, -0.15) is 0 Å². The number of fused-ring (bicyclic) bond motifs is 1. The summed E-state index contributed by atoms with van der Waals surface area (Å²) < 4.78 is 23.7. The van der Waals surface area contributed by atoms with Crippen molar-refractivity contribution in [2.24, 2.45) is 0 Å². The predicted octanol–water partition coefficient (Wildman–Crippen LogP) is 2.86. The van der Waals surface area contributed by atoms with Gasteiger partial charge in [0.1, 0.15) is 0 Å². The average Bonchev–Trinajstić information content (AvgIpc) is 2.88. The van der Waals surface area contributed by atoms with Crippen molar-refractivity contribution in [2.75, 3.05) is 23.4 Å². The number of hydrogen-bond acceptors (Lipinski definition) is 5. The van der Waals surface area contributed by atoms with Gasteiger partial charge in [-0.1, -0.05) is 6.07 Å². The summed E-state index contributed by atoms with van der Waals surface area (Å²) in [5, 5.41) is 2.11. The zero-order chi connectivity index (χ0) is 15.2. The average molecular weight is 322 g/mol. The van der Waals surface area contributed by atoms with E-state index in [4.69, 9.17) is 5.73 Å². The van der Waals surface area contributed by atoms with Gasteiger partial charge in [-0.3, -0.25) is 0 Å². The molecule has 1 atom stereocenters. The summed E-state index contributed by atoms with van der Waals surface area (Å²) in [4.78, 5) is 3.82. The Kier molecular flexibility index (Phi) is 3.45. The third kappa shape index (κ3) is 2.42. The molecule has 0 amide bonds. The summed E-state index contributed by atoms with van der Waals surface area (Å²) in [7, 11) is -3.31. The molecule has 1 aromatic heterocycles. The SMILES string of the molecule is CC1c2ccsc2CCN1c1cccc(S(C)(=O)=O)c1N. The van der Waals surface area contributed by atoms with Crippen molar-refractivity contribution in [1.82, 2.24) is 0 Å². The van der Waals surface area contributed by atoms with Crippen molar-refractivity contribution >= 4 is 32.5 Å². The standard InChI is InChI=1S/C15H18N2O2S2/c1-10-11-7-9-20-13(11)6-8-17(10)12-4-3-5-14(15(12)16)21(2,18)19/h3-5,7,9-10H,6,8,16H2,1-2H3. The van der Waals surface area contributed by atoms with Crippen LogP contribution in [0.3, 0.4) is 0 Å². The second kappa shape index (κ2) is 5.03. The molecule has 0 saturated carbocycles. The largest absolute Gasteiger partial charge is 0.396 e. The second-order valence-corrected chi connectivity index (χ2v) is 8.36. The third-order valence-corrected chi connectivity index (χ3v) is 6.18. The summed E-state index contributed by atoms with van der Waals surface area (Å²) in [6, 6.07) is 7.58. The maximum Gasteiger partial charge on any atom is 0.177 e. The molecule has 0 radical (unpaired) electrons. The fourth-order valence-electron chi connectivity index (χ4n) is 2.94. The fourth-order valence-corrected chi connectivity index (χ4v) is 4.74. The van der Waals surface area contributed by atoms with E-state index in [0.29, 0.717) is 5.69 Å². The lowest BCUT2D eigenvalue weighted by atomic mass is 10.0. The number of para-hydroxylation sites is 1. The van der Waals surface area contributed by atoms with Crippen LogP contribution in [-0.4, -0.2) is 21.2 Å². The van der Waals surface area contributed by atoms with E-state index in [0.717, 1.165) is 18.7 Å². The number of hydrogen-bond donors (Lipinski definition) is 1. The van der Waals surface area contributed by atoms with E-state index in [-0.39, 0.29) is 10.9 Å². The topological polar surface area (TPSA) is 63.4 Å². The van der Waals surface area contributed by atoms with E-state index in [2.05, 4.69) is 23.3 Å². The minimum atomic E-state index is -3.31. The zero-order valence-corrected chi connectivity index (χ0v) is 13.7. The smallest absolute Gasteiger partial charge is 0.177 e. The van der Waals surface area contributed by atoms with Crippen LogP contribution in [0.4, 0.5) is 11.4 Å². The Morgan fingerprint density at radius 1 is 1.33 bits per heavy atom. The van der Waals surface area contributed by atoms with Crippen LogP contribution in [-0.2, 0) is 16.3 Å². The molecule has 1 aliphatic rings. The molecule has 0 fully saturated rings. The van der Waals surface area contributed by atoms with Crippen LogP contribution < -0.4 is 10.6 Å². The minimum absolute atomic E-state index is 0.206. The lowest BCUT2D eigenvalue weighted by Gasteiger charge is -2.36. The number of sulfone groups is 1. The number of benzene rings is 1. The molecule has 1 aliphatic heterocycles. The van der Waals surface area contributed by atoms with E-state index in [1.807, 2.05) is 6.07 Å². The number of rotatable bonds is 2. The molecule has 21 heavy (non-hydrogen) atoms. The Labute approximate surface area is 129 Å². The van der Waals surface area contributed by atoms with Gasteiger partial charge >= 0.3 is 0 Å². The van der Waals surface area contributed by atoms with Gasteiger partial charge in [-0.15, -0.1) is 11.3 Å². The van der Waals surface area contributed by atoms with Crippen molar-refractivity contribution in [3.63, 3.8) is 0 Å². The summed E-state index contributed by atoms with van der Waals surface area (Å²) in [6.07, 6.45) is 2.17. The van der Waals surface area contributed by atoms with Crippen LogP contribution in [0.1, 0.15) is 23.4 Å². The lowest BCUT2D eigenvalue weighted by Crippen LogP contribution is -2.33. The minimum Gasteiger partial charge on any atom is -0.396 e. The highest BCUT2D eigenvalue weighted by Crippen LogP contribution is 2.39. The normalized spacial score (nSPS) is 18.6. The van der Waals surface area contributed by atoms with Crippen LogP contribution in [0, 0.1) is 0 Å². The molecular weight excluding hydrogens is 304 g/mol. The van der Waals surface area contributed by atoms with Crippen molar-refractivity contribution in [2.45, 2.75) is 24.3 Å². The van der Waals surface area contributed by atoms with Crippen LogP contribution in [0.25, 0.3) is 0 Å². The summed E-state index contributed by atoms with van der Waals surface area (Å²) in [5.41, 5.74) is 8.61. The lowest BCUT2D eigenvalue weighted by molar-refractivity contribution is 0.601. The van der Waals surface area contributed by atoms with Crippen LogP contribution in [0.15, 0.2) is 34.5 Å². The fraction of sp³-hybridized carbons (Fsp3) is 0.333. The van der Waals surface area contributed by atoms with Gasteiger partial charge in [0.05, 0.1) is 22.3 Å². The van der Waals surface area contributed by atoms with Crippen molar-refractivity contribution in [1.29, 1.82) is 0 Å². The van der Waals surface area contributed by atoms with Gasteiger partial charge < -0.3 is 10.6 Å². The number of nitrogen functional groups attached to an aromatic ring is 1. The first-order chi connectivity index (χ1) is 9.89. The maximum absolute atomic E-state index is 11.8. The van der Waals surface area contributed by atoms with Crippen molar-refractivity contribution in [3.8, 4) is 0 Å². The van der Waals surface area contributed by atoms with E-state index in [1.54, 1.807) is 23.5 Å². The monoisotopic (exact) mass is 322 g/mol. The Morgan fingerprint density at radius 3 is 2.81 bits per heavy atom. The molecule has 2 N–H and O–H groups in total. The molecule has 112 valence electrons. The van der Waals surface area contributed by atoms with Crippen molar-refractivity contribution < 1.29 is 8.42 Å². The first kappa shape index (κ1) is 14.4. The first-order valence-corrected chi connectivity index (χ1v) is 9.58. The Bertz CT molecular complexity index is 781. The van der Waals surface area contributed by atoms with Gasteiger partial charge in [-0.05, 0) is 42.5 Å². The van der Waals surface area contributed by atoms with E-state index in [9.17, 15) is 8.42 Å². The maximum atomic E-state index is 11.8. The molecule has 3 rings (SSSR count). The Morgan fingerprint density at radius 2 is 2.10 bits per heavy atom. The van der Waals surface area contributed by atoms with Gasteiger partial charge in [0.25, 0.3) is 0 Å². The van der Waals surface area contributed by atoms with Gasteiger partial charge in [0, 0.05) is 17.7 Å². The zero-order valence-electron chi connectivity index (χ0n) is 12.0. The summed E-state index contributed by atoms with van der Waals surface area (Å²) >= 11 is 1.78. The van der Waals surface area contributed by atoms with E-state index in [1.165, 1.54) is 16.7 Å². The van der Waals surface area contributed by atoms with Gasteiger partial charge in [0.15, 0.2) is 9.84 Å². The molecule has 0 aliphatic carbocycles. The predicted molar refractivity (Wildman–Crippen MR) is 87.7 cm³/mol. The van der Waals surface area contributed by atoms with Crippen molar-refractivity contribution in [3.05, 3.63) is 40.1 Å². The second-order valence-electron chi connectivity index (χ2n) is 5.38. The highest BCUT2D eigenvalue weighted by Gasteiger charge is 2.27. The molecular formula is C15H18N2O2S2. The third-order valence-electron chi connectivity index (χ3n) is 4.03. The highest BCUT2D eigenvalue weighted by atomic mass is 32.2. The molecule has 6 heteroatoms. The molecule has 2 heterocycles. The quantitative estimate of drug-likeness (QED) is 0.864. The van der Waals surface area contributed by atoms with E-state index < -0.39 is 9.84 Å².